The first-order chi connectivity index (χ1) is 9.25. The van der Waals surface area contributed by atoms with Gasteiger partial charge in [0.05, 0.1) is 0 Å². The molecule has 1 heterocycles. The summed E-state index contributed by atoms with van der Waals surface area (Å²) < 4.78 is 0. The highest BCUT2D eigenvalue weighted by Crippen LogP contribution is 2.26. The number of hydrogen-bond acceptors (Lipinski definition) is 2. The highest BCUT2D eigenvalue weighted by molar-refractivity contribution is 14.0. The van der Waals surface area contributed by atoms with Crippen LogP contribution in [0.2, 0.25) is 0 Å². The molecule has 0 bridgehead atoms. The predicted octanol–water partition coefficient (Wildman–Crippen LogP) is 1.71. The third-order valence-electron chi connectivity index (χ3n) is 4.10. The van der Waals surface area contributed by atoms with E-state index in [1.165, 1.54) is 25.7 Å². The molecule has 1 aliphatic heterocycles. The Labute approximate surface area is 138 Å². The lowest BCUT2D eigenvalue weighted by Crippen LogP contribution is -2.41. The number of hydrogen-bond donors (Lipinski definition) is 2. The second-order valence-electron chi connectivity index (χ2n) is 5.64. The van der Waals surface area contributed by atoms with Gasteiger partial charge in [0.25, 0.3) is 0 Å². The van der Waals surface area contributed by atoms with Crippen molar-refractivity contribution in [2.24, 2.45) is 16.6 Å². The Morgan fingerprint density at radius 1 is 1.30 bits per heavy atom. The van der Waals surface area contributed by atoms with Crippen molar-refractivity contribution >= 4 is 35.8 Å². The van der Waals surface area contributed by atoms with Gasteiger partial charge in [-0.1, -0.05) is 12.8 Å². The van der Waals surface area contributed by atoms with E-state index >= 15 is 0 Å². The number of nitrogens with one attached hydrogen (secondary N) is 1. The fraction of sp³-hybridized carbons (Fsp3) is 0.857. The summed E-state index contributed by atoms with van der Waals surface area (Å²) in [5, 5.41) is 3.11. The van der Waals surface area contributed by atoms with Crippen molar-refractivity contribution in [1.29, 1.82) is 0 Å². The normalized spacial score (nSPS) is 20.9. The fourth-order valence-electron chi connectivity index (χ4n) is 2.55. The average Bonchev–Trinajstić information content (AvgIpc) is 2.53. The van der Waals surface area contributed by atoms with E-state index in [9.17, 15) is 4.79 Å². The third-order valence-corrected chi connectivity index (χ3v) is 4.10. The summed E-state index contributed by atoms with van der Waals surface area (Å²) in [6.07, 6.45) is 7.94. The van der Waals surface area contributed by atoms with E-state index in [2.05, 4.69) is 10.3 Å². The molecule has 1 amide bonds. The van der Waals surface area contributed by atoms with Crippen LogP contribution in [-0.2, 0) is 4.79 Å². The number of nitrogens with two attached hydrogens (primary N) is 1. The molecule has 2 aliphatic rings. The van der Waals surface area contributed by atoms with Crippen molar-refractivity contribution in [3.05, 3.63) is 0 Å². The first kappa shape index (κ1) is 17.5. The molecule has 5 nitrogen and oxygen atoms in total. The summed E-state index contributed by atoms with van der Waals surface area (Å²) in [5.74, 6) is 1.55. The maximum Gasteiger partial charge on any atom is 0.222 e. The van der Waals surface area contributed by atoms with Gasteiger partial charge in [0, 0.05) is 32.6 Å². The van der Waals surface area contributed by atoms with E-state index in [4.69, 9.17) is 5.73 Å². The topological polar surface area (TPSA) is 70.7 Å². The van der Waals surface area contributed by atoms with Crippen molar-refractivity contribution in [3.63, 3.8) is 0 Å². The highest BCUT2D eigenvalue weighted by Gasteiger charge is 2.17. The molecule has 1 saturated heterocycles. The third kappa shape index (κ3) is 5.85. The molecule has 116 valence electrons. The second-order valence-corrected chi connectivity index (χ2v) is 5.64. The standard InChI is InChI=1S/C14H26N4O.HI/c15-14(17-11-12-5-4-6-12)16-8-10-18-9-3-1-2-7-13(18)19;/h12H,1-11H2,(H3,15,16,17);1H. The van der Waals surface area contributed by atoms with Crippen LogP contribution >= 0.6 is 24.0 Å². The van der Waals surface area contributed by atoms with Crippen LogP contribution in [0.5, 0.6) is 0 Å². The van der Waals surface area contributed by atoms with Crippen molar-refractivity contribution in [3.8, 4) is 0 Å². The maximum absolute atomic E-state index is 11.8. The largest absolute Gasteiger partial charge is 0.370 e. The van der Waals surface area contributed by atoms with Crippen LogP contribution in [-0.4, -0.2) is 42.9 Å². The van der Waals surface area contributed by atoms with Crippen molar-refractivity contribution < 1.29 is 4.79 Å². The van der Waals surface area contributed by atoms with Gasteiger partial charge in [-0.3, -0.25) is 9.79 Å². The lowest BCUT2D eigenvalue weighted by molar-refractivity contribution is -0.130. The maximum atomic E-state index is 11.8. The summed E-state index contributed by atoms with van der Waals surface area (Å²) in [4.78, 5) is 18.1. The van der Waals surface area contributed by atoms with Gasteiger partial charge < -0.3 is 16.0 Å². The molecule has 2 fully saturated rings. The monoisotopic (exact) mass is 394 g/mol. The zero-order valence-corrected chi connectivity index (χ0v) is 14.5. The molecule has 2 rings (SSSR count). The van der Waals surface area contributed by atoms with Crippen LogP contribution in [0.1, 0.15) is 44.9 Å². The van der Waals surface area contributed by atoms with Crippen LogP contribution in [0.3, 0.4) is 0 Å². The first-order valence-corrected chi connectivity index (χ1v) is 7.57. The Morgan fingerprint density at radius 2 is 2.10 bits per heavy atom. The zero-order chi connectivity index (χ0) is 13.5. The number of nitrogens with zero attached hydrogens (tertiary/aromatic N) is 2. The van der Waals surface area contributed by atoms with Crippen LogP contribution in [0.4, 0.5) is 0 Å². The smallest absolute Gasteiger partial charge is 0.222 e. The molecule has 0 atom stereocenters. The van der Waals surface area contributed by atoms with Gasteiger partial charge in [-0.15, -0.1) is 24.0 Å². The van der Waals surface area contributed by atoms with Crippen LogP contribution in [0, 0.1) is 5.92 Å². The number of likely N-dealkylation sites (tertiary alicyclic amines) is 1. The lowest BCUT2D eigenvalue weighted by atomic mass is 9.86. The van der Waals surface area contributed by atoms with E-state index in [1.807, 2.05) is 4.90 Å². The number of guanidine groups is 1. The van der Waals surface area contributed by atoms with Crippen molar-refractivity contribution in [1.82, 2.24) is 10.2 Å². The first-order valence-electron chi connectivity index (χ1n) is 7.57. The molecule has 20 heavy (non-hydrogen) atoms. The number of aliphatic imine (C=N–C) groups is 1. The molecule has 1 saturated carbocycles. The molecule has 0 unspecified atom stereocenters. The minimum absolute atomic E-state index is 0. The van der Waals surface area contributed by atoms with Crippen LogP contribution < -0.4 is 11.1 Å². The molecule has 0 spiro atoms. The summed E-state index contributed by atoms with van der Waals surface area (Å²) >= 11 is 0. The SMILES string of the molecule is I.NC(=NCC1CCC1)NCCN1CCCCCC1=O. The van der Waals surface area contributed by atoms with Crippen LogP contribution in [0.15, 0.2) is 4.99 Å². The summed E-state index contributed by atoms with van der Waals surface area (Å²) in [5.41, 5.74) is 5.82. The predicted molar refractivity (Wildman–Crippen MR) is 92.3 cm³/mol. The van der Waals surface area contributed by atoms with Gasteiger partial charge in [0.1, 0.15) is 0 Å². The molecular weight excluding hydrogens is 367 g/mol. The molecule has 3 N–H and O–H groups in total. The summed E-state index contributed by atoms with van der Waals surface area (Å²) in [6, 6.07) is 0. The van der Waals surface area contributed by atoms with Gasteiger partial charge >= 0.3 is 0 Å². The summed E-state index contributed by atoms with van der Waals surface area (Å²) in [7, 11) is 0. The van der Waals surface area contributed by atoms with Gasteiger partial charge in [-0.25, -0.2) is 0 Å². The Kier molecular flexibility index (Phi) is 8.25. The molecule has 0 aromatic rings. The van der Waals surface area contributed by atoms with E-state index in [-0.39, 0.29) is 29.9 Å². The number of amides is 1. The Morgan fingerprint density at radius 3 is 2.80 bits per heavy atom. The van der Waals surface area contributed by atoms with Gasteiger partial charge in [-0.2, -0.15) is 0 Å². The molecule has 6 heteroatoms. The Bertz CT molecular complexity index is 331. The zero-order valence-electron chi connectivity index (χ0n) is 12.1. The van der Waals surface area contributed by atoms with Gasteiger partial charge in [0.2, 0.25) is 5.91 Å². The van der Waals surface area contributed by atoms with E-state index in [1.54, 1.807) is 0 Å². The van der Waals surface area contributed by atoms with Crippen molar-refractivity contribution in [2.75, 3.05) is 26.2 Å². The Balaban J connectivity index is 0.00000200. The minimum Gasteiger partial charge on any atom is -0.370 e. The fourth-order valence-corrected chi connectivity index (χ4v) is 2.55. The average molecular weight is 394 g/mol. The van der Waals surface area contributed by atoms with Crippen LogP contribution in [0.25, 0.3) is 0 Å². The molecule has 0 radical (unpaired) electrons. The Hall–Kier alpha value is -0.530. The molecule has 0 aromatic carbocycles. The molecular formula is C14H27IN4O. The highest BCUT2D eigenvalue weighted by atomic mass is 127. The van der Waals surface area contributed by atoms with Gasteiger partial charge in [0.15, 0.2) is 5.96 Å². The number of carbonyl (C=O) groups is 1. The van der Waals surface area contributed by atoms with Crippen molar-refractivity contribution in [2.45, 2.75) is 44.9 Å². The van der Waals surface area contributed by atoms with E-state index < -0.39 is 0 Å². The number of carbonyl (C=O) groups excluding carboxylic acids is 1. The van der Waals surface area contributed by atoms with E-state index in [0.29, 0.717) is 18.9 Å². The second kappa shape index (κ2) is 9.41. The van der Waals surface area contributed by atoms with Gasteiger partial charge in [-0.05, 0) is 31.6 Å². The van der Waals surface area contributed by atoms with E-state index in [0.717, 1.165) is 38.4 Å². The number of halogens is 1. The number of rotatable bonds is 5. The molecule has 0 aromatic heterocycles. The lowest BCUT2D eigenvalue weighted by Gasteiger charge is -2.23. The minimum atomic E-state index is 0. The molecule has 1 aliphatic carbocycles. The summed E-state index contributed by atoms with van der Waals surface area (Å²) in [6.45, 7) is 3.17. The quantitative estimate of drug-likeness (QED) is 0.424.